The van der Waals surface area contributed by atoms with Crippen LogP contribution < -0.4 is 0 Å². The van der Waals surface area contributed by atoms with Gasteiger partial charge in [-0.3, -0.25) is 0 Å². The van der Waals surface area contributed by atoms with E-state index in [0.717, 1.165) is 0 Å². The Hall–Kier alpha value is -1.56. The lowest BCUT2D eigenvalue weighted by atomic mass is 10.1. The molecule has 2 aromatic rings. The Labute approximate surface area is 97.9 Å². The maximum absolute atomic E-state index is 2.24. The van der Waals surface area contributed by atoms with Crippen LogP contribution in [-0.4, -0.2) is 0 Å². The maximum Gasteiger partial charge on any atom is -0.0273 e. The molecule has 0 heteroatoms. The van der Waals surface area contributed by atoms with Crippen molar-refractivity contribution in [3.05, 3.63) is 71.3 Å². The van der Waals surface area contributed by atoms with Gasteiger partial charge in [-0.15, -0.1) is 0 Å². The lowest BCUT2D eigenvalue weighted by Crippen LogP contribution is -1.77. The van der Waals surface area contributed by atoms with Crippen LogP contribution in [-0.2, 0) is 12.8 Å². The van der Waals surface area contributed by atoms with Gasteiger partial charge in [-0.1, -0.05) is 60.2 Å². The van der Waals surface area contributed by atoms with Crippen LogP contribution in [0, 0.1) is 6.92 Å². The minimum Gasteiger partial charge on any atom is -0.0622 e. The van der Waals surface area contributed by atoms with Gasteiger partial charge in [0.25, 0.3) is 0 Å². The molecule has 16 heavy (non-hydrogen) atoms. The first-order valence-electron chi connectivity index (χ1n) is 5.95. The molecule has 0 saturated carbocycles. The van der Waals surface area contributed by atoms with Crippen LogP contribution in [0.15, 0.2) is 54.6 Å². The molecule has 1 aliphatic carbocycles. The van der Waals surface area contributed by atoms with E-state index < -0.39 is 0 Å². The van der Waals surface area contributed by atoms with Crippen LogP contribution >= 0.6 is 0 Å². The Morgan fingerprint density at radius 3 is 1.62 bits per heavy atom. The molecule has 0 spiro atoms. The topological polar surface area (TPSA) is 0 Å². The van der Waals surface area contributed by atoms with Crippen molar-refractivity contribution in [2.45, 2.75) is 26.2 Å². The summed E-state index contributed by atoms with van der Waals surface area (Å²) < 4.78 is 0. The number of benzene rings is 2. The Bertz CT molecular complexity index is 406. The van der Waals surface area contributed by atoms with Gasteiger partial charge in [0.05, 0.1) is 0 Å². The Morgan fingerprint density at radius 1 is 0.688 bits per heavy atom. The highest BCUT2D eigenvalue weighted by Gasteiger charge is 2.07. The largest absolute Gasteiger partial charge is 0.0622 e. The molecule has 0 aliphatic heterocycles. The van der Waals surface area contributed by atoms with E-state index in [0.29, 0.717) is 0 Å². The number of hydrogen-bond donors (Lipinski definition) is 0. The van der Waals surface area contributed by atoms with Crippen LogP contribution in [0.25, 0.3) is 0 Å². The van der Waals surface area contributed by atoms with Crippen molar-refractivity contribution in [3.8, 4) is 0 Å². The zero-order chi connectivity index (χ0) is 11.2. The molecule has 0 atom stereocenters. The summed E-state index contributed by atoms with van der Waals surface area (Å²) in [5, 5.41) is 0. The van der Waals surface area contributed by atoms with Crippen molar-refractivity contribution in [3.63, 3.8) is 0 Å². The summed E-state index contributed by atoms with van der Waals surface area (Å²) in [5.74, 6) is 0. The second kappa shape index (κ2) is 5.50. The Balaban J connectivity index is 0.000000125. The van der Waals surface area contributed by atoms with Gasteiger partial charge in [-0.05, 0) is 37.3 Å². The standard InChI is InChI=1S/C9H10.C7H8/c1-2-5-9-7-3-6-8(9)4-1;1-7-5-3-2-4-6-7/h1-2,4-5H,3,6-7H2;2-6H,1H3. The second-order valence-corrected chi connectivity index (χ2v) is 4.28. The van der Waals surface area contributed by atoms with Crippen LogP contribution in [0.5, 0.6) is 0 Å². The monoisotopic (exact) mass is 210 g/mol. The summed E-state index contributed by atoms with van der Waals surface area (Å²) >= 11 is 0. The van der Waals surface area contributed by atoms with E-state index >= 15 is 0 Å². The summed E-state index contributed by atoms with van der Waals surface area (Å²) in [5.41, 5.74) is 4.46. The molecule has 0 radical (unpaired) electrons. The predicted molar refractivity (Wildman–Crippen MR) is 69.6 cm³/mol. The molecule has 0 fully saturated rings. The highest BCUT2D eigenvalue weighted by molar-refractivity contribution is 5.30. The second-order valence-electron chi connectivity index (χ2n) is 4.28. The third kappa shape index (κ3) is 2.96. The molecule has 0 amide bonds. The van der Waals surface area contributed by atoms with Crippen LogP contribution in [0.2, 0.25) is 0 Å². The van der Waals surface area contributed by atoms with Gasteiger partial charge in [0.1, 0.15) is 0 Å². The van der Waals surface area contributed by atoms with Gasteiger partial charge < -0.3 is 0 Å². The van der Waals surface area contributed by atoms with E-state index in [1.807, 2.05) is 18.2 Å². The summed E-state index contributed by atoms with van der Waals surface area (Å²) in [6.07, 6.45) is 3.96. The van der Waals surface area contributed by atoms with Gasteiger partial charge in [-0.2, -0.15) is 0 Å². The van der Waals surface area contributed by atoms with Gasteiger partial charge >= 0.3 is 0 Å². The van der Waals surface area contributed by atoms with E-state index in [1.165, 1.54) is 24.8 Å². The first-order valence-corrected chi connectivity index (χ1v) is 5.95. The molecular formula is C16H18. The molecule has 2 aromatic carbocycles. The average molecular weight is 210 g/mol. The van der Waals surface area contributed by atoms with E-state index in [9.17, 15) is 0 Å². The van der Waals surface area contributed by atoms with Crippen LogP contribution in [0.3, 0.4) is 0 Å². The van der Waals surface area contributed by atoms with Crippen molar-refractivity contribution in [1.29, 1.82) is 0 Å². The SMILES string of the molecule is Cc1ccccc1.c1ccc2c(c1)CCC2. The van der Waals surface area contributed by atoms with Gasteiger partial charge in [0, 0.05) is 0 Å². The molecule has 0 bridgehead atoms. The third-order valence-electron chi connectivity index (χ3n) is 2.95. The first-order chi connectivity index (χ1) is 7.86. The summed E-state index contributed by atoms with van der Waals surface area (Å²) in [6.45, 7) is 2.08. The molecule has 0 aromatic heterocycles. The third-order valence-corrected chi connectivity index (χ3v) is 2.95. The number of rotatable bonds is 0. The van der Waals surface area contributed by atoms with Crippen LogP contribution in [0.1, 0.15) is 23.1 Å². The van der Waals surface area contributed by atoms with Crippen molar-refractivity contribution in [2.24, 2.45) is 0 Å². The quantitative estimate of drug-likeness (QED) is 0.612. The molecule has 0 nitrogen and oxygen atoms in total. The predicted octanol–water partition coefficient (Wildman–Crippen LogP) is 4.17. The molecular weight excluding hydrogens is 192 g/mol. The zero-order valence-corrected chi connectivity index (χ0v) is 9.82. The van der Waals surface area contributed by atoms with E-state index in [4.69, 9.17) is 0 Å². The van der Waals surface area contributed by atoms with Crippen molar-refractivity contribution in [1.82, 2.24) is 0 Å². The fraction of sp³-hybridized carbons (Fsp3) is 0.250. The van der Waals surface area contributed by atoms with E-state index in [1.54, 1.807) is 11.1 Å². The Morgan fingerprint density at radius 2 is 1.19 bits per heavy atom. The van der Waals surface area contributed by atoms with Crippen LogP contribution in [0.4, 0.5) is 0 Å². The highest BCUT2D eigenvalue weighted by atomic mass is 14.1. The number of hydrogen-bond acceptors (Lipinski definition) is 0. The minimum atomic E-state index is 1.30. The van der Waals surface area contributed by atoms with E-state index in [-0.39, 0.29) is 0 Å². The normalized spacial score (nSPS) is 12.6. The van der Waals surface area contributed by atoms with Crippen molar-refractivity contribution in [2.75, 3.05) is 0 Å². The molecule has 82 valence electrons. The number of aryl methyl sites for hydroxylation is 3. The number of fused-ring (bicyclic) bond motifs is 1. The van der Waals surface area contributed by atoms with Gasteiger partial charge in [0.2, 0.25) is 0 Å². The fourth-order valence-corrected chi connectivity index (χ4v) is 2.05. The lowest BCUT2D eigenvalue weighted by molar-refractivity contribution is 0.912. The van der Waals surface area contributed by atoms with Crippen molar-refractivity contribution < 1.29 is 0 Å². The molecule has 0 saturated heterocycles. The smallest absolute Gasteiger partial charge is 0.0273 e. The summed E-state index contributed by atoms with van der Waals surface area (Å²) in [6, 6.07) is 19.0. The van der Waals surface area contributed by atoms with Gasteiger partial charge in [-0.25, -0.2) is 0 Å². The molecule has 0 N–H and O–H groups in total. The average Bonchev–Trinajstić information content (AvgIpc) is 2.79. The van der Waals surface area contributed by atoms with E-state index in [2.05, 4.69) is 43.3 Å². The summed E-state index contributed by atoms with van der Waals surface area (Å²) in [7, 11) is 0. The molecule has 1 aliphatic rings. The molecule has 3 rings (SSSR count). The van der Waals surface area contributed by atoms with Crippen molar-refractivity contribution >= 4 is 0 Å². The lowest BCUT2D eigenvalue weighted by Gasteiger charge is -1.93. The highest BCUT2D eigenvalue weighted by Crippen LogP contribution is 2.20. The van der Waals surface area contributed by atoms with Gasteiger partial charge in [0.15, 0.2) is 0 Å². The zero-order valence-electron chi connectivity index (χ0n) is 9.82. The fourth-order valence-electron chi connectivity index (χ4n) is 2.05. The molecule has 0 heterocycles. The summed E-state index contributed by atoms with van der Waals surface area (Å²) in [4.78, 5) is 0. The molecule has 0 unspecified atom stereocenters. The minimum absolute atomic E-state index is 1.30. The first kappa shape index (κ1) is 10.9. The maximum atomic E-state index is 2.24. The Kier molecular flexibility index (Phi) is 3.76.